The number of carboxylic acid groups (broad SMARTS) is 1. The number of halogens is 1. The van der Waals surface area contributed by atoms with E-state index in [9.17, 15) is 9.90 Å². The average molecular weight is 448 g/mol. The van der Waals surface area contributed by atoms with Gasteiger partial charge >= 0.3 is 5.97 Å². The number of benzene rings is 3. The summed E-state index contributed by atoms with van der Waals surface area (Å²) in [6.07, 6.45) is 5.17. The maximum atomic E-state index is 12.9. The third-order valence-electron chi connectivity index (χ3n) is 5.54. The summed E-state index contributed by atoms with van der Waals surface area (Å²) in [6, 6.07) is 25.7. The van der Waals surface area contributed by atoms with Gasteiger partial charge in [0.1, 0.15) is 0 Å². The SMILES string of the molecule is O=C(O)[C@](C/C=C/c1ccccc1)(c1ccccc1Br)N1CCc2ccccc21. The molecule has 0 bridgehead atoms. The summed E-state index contributed by atoms with van der Waals surface area (Å²) in [7, 11) is 0. The average Bonchev–Trinajstić information content (AvgIpc) is 3.17. The quantitative estimate of drug-likeness (QED) is 0.511. The highest BCUT2D eigenvalue weighted by atomic mass is 79.9. The zero-order valence-corrected chi connectivity index (χ0v) is 17.5. The van der Waals surface area contributed by atoms with Crippen molar-refractivity contribution < 1.29 is 9.90 Å². The maximum Gasteiger partial charge on any atom is 0.334 e. The van der Waals surface area contributed by atoms with E-state index < -0.39 is 11.5 Å². The Bertz CT molecular complexity index is 1050. The standard InChI is InChI=1S/C25H22BrNO2/c26-22-14-6-5-13-21(22)25(24(28)29,17-8-11-19-9-2-1-3-10-19)27-18-16-20-12-4-7-15-23(20)27/h1-15H,16-18H2,(H,28,29)/b11-8+/t25-/m0/s1. The highest BCUT2D eigenvalue weighted by Crippen LogP contribution is 2.44. The Morgan fingerprint density at radius 2 is 1.69 bits per heavy atom. The molecule has 0 fully saturated rings. The predicted octanol–water partition coefficient (Wildman–Crippen LogP) is 5.90. The predicted molar refractivity (Wildman–Crippen MR) is 121 cm³/mol. The van der Waals surface area contributed by atoms with Crippen LogP contribution in [0.25, 0.3) is 6.08 Å². The van der Waals surface area contributed by atoms with E-state index in [-0.39, 0.29) is 0 Å². The van der Waals surface area contributed by atoms with Crippen LogP contribution in [0.4, 0.5) is 5.69 Å². The molecule has 3 nitrogen and oxygen atoms in total. The summed E-state index contributed by atoms with van der Waals surface area (Å²) in [5.41, 5.74) is 2.82. The van der Waals surface area contributed by atoms with Crippen LogP contribution >= 0.6 is 15.9 Å². The second-order valence-electron chi connectivity index (χ2n) is 7.19. The summed E-state index contributed by atoms with van der Waals surface area (Å²) in [5, 5.41) is 10.6. The van der Waals surface area contributed by atoms with Crippen molar-refractivity contribution in [1.29, 1.82) is 0 Å². The monoisotopic (exact) mass is 447 g/mol. The molecule has 0 aliphatic carbocycles. The molecule has 4 heteroatoms. The van der Waals surface area contributed by atoms with Crippen molar-refractivity contribution >= 4 is 33.7 Å². The number of rotatable bonds is 6. The van der Waals surface area contributed by atoms with Gasteiger partial charge in [0.05, 0.1) is 0 Å². The molecule has 3 aromatic carbocycles. The van der Waals surface area contributed by atoms with Crippen molar-refractivity contribution in [3.63, 3.8) is 0 Å². The topological polar surface area (TPSA) is 40.5 Å². The van der Waals surface area contributed by atoms with E-state index in [0.717, 1.165) is 27.7 Å². The second kappa shape index (κ2) is 8.26. The van der Waals surface area contributed by atoms with Gasteiger partial charge in [-0.3, -0.25) is 0 Å². The molecule has 1 aliphatic rings. The number of carboxylic acids is 1. The minimum Gasteiger partial charge on any atom is -0.479 e. The fraction of sp³-hybridized carbons (Fsp3) is 0.160. The Hall–Kier alpha value is -2.85. The van der Waals surface area contributed by atoms with Crippen molar-refractivity contribution in [3.05, 3.63) is 106 Å². The number of nitrogens with zero attached hydrogens (tertiary/aromatic N) is 1. The lowest BCUT2D eigenvalue weighted by Crippen LogP contribution is -2.51. The largest absolute Gasteiger partial charge is 0.479 e. The van der Waals surface area contributed by atoms with Crippen LogP contribution in [0, 0.1) is 0 Å². The fourth-order valence-corrected chi connectivity index (χ4v) is 4.76. The lowest BCUT2D eigenvalue weighted by molar-refractivity contribution is -0.143. The van der Waals surface area contributed by atoms with E-state index >= 15 is 0 Å². The molecule has 0 saturated carbocycles. The van der Waals surface area contributed by atoms with Crippen LogP contribution in [0.15, 0.2) is 89.4 Å². The highest BCUT2D eigenvalue weighted by molar-refractivity contribution is 9.10. The van der Waals surface area contributed by atoms with Crippen LogP contribution in [0.5, 0.6) is 0 Å². The zero-order chi connectivity index (χ0) is 20.3. The number of para-hydroxylation sites is 1. The van der Waals surface area contributed by atoms with E-state index in [1.807, 2.05) is 84.9 Å². The van der Waals surface area contributed by atoms with E-state index in [2.05, 4.69) is 26.9 Å². The summed E-state index contributed by atoms with van der Waals surface area (Å²) < 4.78 is 0.805. The molecule has 1 N–H and O–H groups in total. The molecule has 0 amide bonds. The van der Waals surface area contributed by atoms with Gasteiger partial charge in [0.25, 0.3) is 0 Å². The van der Waals surface area contributed by atoms with Crippen molar-refractivity contribution in [2.75, 3.05) is 11.4 Å². The van der Waals surface area contributed by atoms with E-state index in [0.29, 0.717) is 13.0 Å². The number of anilines is 1. The van der Waals surface area contributed by atoms with Gasteiger partial charge in [0, 0.05) is 28.7 Å². The first kappa shape index (κ1) is 19.5. The van der Waals surface area contributed by atoms with Gasteiger partial charge < -0.3 is 10.0 Å². The molecule has 0 aromatic heterocycles. The van der Waals surface area contributed by atoms with Gasteiger partial charge in [-0.2, -0.15) is 0 Å². The highest BCUT2D eigenvalue weighted by Gasteiger charge is 2.48. The van der Waals surface area contributed by atoms with Gasteiger partial charge in [-0.25, -0.2) is 4.79 Å². The van der Waals surface area contributed by atoms with Crippen LogP contribution in [-0.2, 0) is 16.8 Å². The van der Waals surface area contributed by atoms with Crippen molar-refractivity contribution in [1.82, 2.24) is 0 Å². The minimum absolute atomic E-state index is 0.355. The molecule has 1 atom stereocenters. The lowest BCUT2D eigenvalue weighted by atomic mass is 9.84. The maximum absolute atomic E-state index is 12.9. The Balaban J connectivity index is 1.83. The van der Waals surface area contributed by atoms with Gasteiger partial charge in [-0.1, -0.05) is 94.8 Å². The van der Waals surface area contributed by atoms with Crippen LogP contribution in [0.3, 0.4) is 0 Å². The molecule has 4 rings (SSSR count). The molecule has 0 radical (unpaired) electrons. The first-order valence-electron chi connectivity index (χ1n) is 9.68. The smallest absolute Gasteiger partial charge is 0.334 e. The molecular weight excluding hydrogens is 426 g/mol. The second-order valence-corrected chi connectivity index (χ2v) is 8.05. The molecule has 146 valence electrons. The lowest BCUT2D eigenvalue weighted by Gasteiger charge is -2.40. The number of hydrogen-bond donors (Lipinski definition) is 1. The van der Waals surface area contributed by atoms with E-state index in [1.165, 1.54) is 5.56 Å². The molecule has 0 saturated heterocycles. The number of aliphatic carboxylic acids is 1. The number of carbonyl (C=O) groups is 1. The van der Waals surface area contributed by atoms with Crippen LogP contribution in [0.2, 0.25) is 0 Å². The van der Waals surface area contributed by atoms with Crippen molar-refractivity contribution in [2.24, 2.45) is 0 Å². The van der Waals surface area contributed by atoms with Crippen molar-refractivity contribution in [3.8, 4) is 0 Å². The molecule has 29 heavy (non-hydrogen) atoms. The molecule has 1 aliphatic heterocycles. The zero-order valence-electron chi connectivity index (χ0n) is 16.0. The van der Waals surface area contributed by atoms with Gasteiger partial charge in [-0.05, 0) is 29.7 Å². The molecule has 3 aromatic rings. The Morgan fingerprint density at radius 1 is 1.00 bits per heavy atom. The van der Waals surface area contributed by atoms with E-state index in [4.69, 9.17) is 0 Å². The van der Waals surface area contributed by atoms with Crippen LogP contribution in [0.1, 0.15) is 23.1 Å². The Kier molecular flexibility index (Phi) is 5.54. The van der Waals surface area contributed by atoms with E-state index in [1.54, 1.807) is 0 Å². The van der Waals surface area contributed by atoms with Gasteiger partial charge in [0.15, 0.2) is 5.54 Å². The summed E-state index contributed by atoms with van der Waals surface area (Å²) in [6.45, 7) is 0.673. The fourth-order valence-electron chi connectivity index (χ4n) is 4.14. The summed E-state index contributed by atoms with van der Waals surface area (Å²) in [5.74, 6) is -0.848. The third-order valence-corrected chi connectivity index (χ3v) is 6.24. The summed E-state index contributed by atoms with van der Waals surface area (Å²) >= 11 is 3.61. The Labute approximate surface area is 179 Å². The first-order chi connectivity index (χ1) is 14.1. The Morgan fingerprint density at radius 3 is 2.45 bits per heavy atom. The molecule has 0 spiro atoms. The number of fused-ring (bicyclic) bond motifs is 1. The molecular formula is C25H22BrNO2. The normalized spacial score (nSPS) is 15.3. The van der Waals surface area contributed by atoms with Crippen molar-refractivity contribution in [2.45, 2.75) is 18.4 Å². The first-order valence-corrected chi connectivity index (χ1v) is 10.5. The minimum atomic E-state index is -1.20. The van der Waals surface area contributed by atoms with Gasteiger partial charge in [0.2, 0.25) is 0 Å². The van der Waals surface area contributed by atoms with Crippen LogP contribution in [-0.4, -0.2) is 17.6 Å². The summed E-state index contributed by atoms with van der Waals surface area (Å²) in [4.78, 5) is 15.0. The third kappa shape index (κ3) is 3.60. The molecule has 1 heterocycles. The van der Waals surface area contributed by atoms with Crippen LogP contribution < -0.4 is 4.90 Å². The number of hydrogen-bond acceptors (Lipinski definition) is 2. The molecule has 0 unspecified atom stereocenters. The van der Waals surface area contributed by atoms with Gasteiger partial charge in [-0.15, -0.1) is 0 Å².